The highest BCUT2D eigenvalue weighted by Crippen LogP contribution is 2.12. The summed E-state index contributed by atoms with van der Waals surface area (Å²) in [6, 6.07) is 6.49. The lowest BCUT2D eigenvalue weighted by Gasteiger charge is -2.12. The number of Topliss-reactive ketones (excluding diaryl/α,β-unsaturated/α-hetero) is 1. The molecule has 0 saturated carbocycles. The number of nitrogens with zero attached hydrogens (tertiary/aromatic N) is 1. The van der Waals surface area contributed by atoms with Gasteiger partial charge >= 0.3 is 0 Å². The first-order chi connectivity index (χ1) is 7.13. The van der Waals surface area contributed by atoms with Crippen molar-refractivity contribution in [3.63, 3.8) is 0 Å². The second kappa shape index (κ2) is 5.51. The Balaban J connectivity index is 2.54. The number of phenols is 1. The average Bonchev–Trinajstić information content (AvgIpc) is 2.25. The molecule has 82 valence electrons. The standard InChI is InChI=1S/C12H17NO2/c1-3-13(2)8-7-12(15)10-5-4-6-11(14)9-10/h4-6,9,14H,3,7-8H2,1-2H3. The molecular formula is C12H17NO2. The molecule has 0 spiro atoms. The van der Waals surface area contributed by atoms with Crippen molar-refractivity contribution < 1.29 is 9.90 Å². The molecule has 0 atom stereocenters. The zero-order valence-corrected chi connectivity index (χ0v) is 9.23. The molecular weight excluding hydrogens is 190 g/mol. The van der Waals surface area contributed by atoms with Gasteiger partial charge in [0.25, 0.3) is 0 Å². The third-order valence-corrected chi connectivity index (χ3v) is 2.43. The lowest BCUT2D eigenvalue weighted by atomic mass is 10.1. The maximum Gasteiger partial charge on any atom is 0.164 e. The van der Waals surface area contributed by atoms with Gasteiger partial charge in [0.2, 0.25) is 0 Å². The molecule has 0 radical (unpaired) electrons. The lowest BCUT2D eigenvalue weighted by Crippen LogP contribution is -2.21. The molecule has 0 bridgehead atoms. The van der Waals surface area contributed by atoms with Gasteiger partial charge in [0.05, 0.1) is 0 Å². The topological polar surface area (TPSA) is 40.5 Å². The monoisotopic (exact) mass is 207 g/mol. The minimum atomic E-state index is 0.0752. The second-order valence-corrected chi connectivity index (χ2v) is 3.62. The first-order valence-corrected chi connectivity index (χ1v) is 5.14. The Labute approximate surface area is 90.3 Å². The Morgan fingerprint density at radius 3 is 2.80 bits per heavy atom. The molecule has 1 aromatic carbocycles. The summed E-state index contributed by atoms with van der Waals surface area (Å²) in [5, 5.41) is 9.22. The Kier molecular flexibility index (Phi) is 4.31. The number of carbonyl (C=O) groups excluding carboxylic acids is 1. The second-order valence-electron chi connectivity index (χ2n) is 3.62. The molecule has 1 rings (SSSR count). The van der Waals surface area contributed by atoms with E-state index in [0.29, 0.717) is 12.0 Å². The highest BCUT2D eigenvalue weighted by atomic mass is 16.3. The largest absolute Gasteiger partial charge is 0.508 e. The molecule has 0 saturated heterocycles. The van der Waals surface area contributed by atoms with Crippen LogP contribution in [-0.2, 0) is 0 Å². The molecule has 1 aromatic rings. The first-order valence-electron chi connectivity index (χ1n) is 5.14. The summed E-state index contributed by atoms with van der Waals surface area (Å²) in [5.74, 6) is 0.218. The van der Waals surface area contributed by atoms with Gasteiger partial charge in [-0.15, -0.1) is 0 Å². The van der Waals surface area contributed by atoms with Crippen LogP contribution >= 0.6 is 0 Å². The molecule has 0 aliphatic rings. The van der Waals surface area contributed by atoms with Crippen molar-refractivity contribution in [1.29, 1.82) is 0 Å². The number of benzene rings is 1. The summed E-state index contributed by atoms with van der Waals surface area (Å²) < 4.78 is 0. The molecule has 3 heteroatoms. The summed E-state index contributed by atoms with van der Waals surface area (Å²) in [5.41, 5.74) is 0.583. The fourth-order valence-corrected chi connectivity index (χ4v) is 1.27. The molecule has 0 aliphatic carbocycles. The SMILES string of the molecule is CCN(C)CCC(=O)c1cccc(O)c1. The highest BCUT2D eigenvalue weighted by molar-refractivity contribution is 5.96. The average molecular weight is 207 g/mol. The molecule has 3 nitrogen and oxygen atoms in total. The smallest absolute Gasteiger partial charge is 0.164 e. The van der Waals surface area contributed by atoms with Crippen molar-refractivity contribution in [2.75, 3.05) is 20.1 Å². The number of hydrogen-bond acceptors (Lipinski definition) is 3. The lowest BCUT2D eigenvalue weighted by molar-refractivity contribution is 0.0969. The van der Waals surface area contributed by atoms with E-state index in [-0.39, 0.29) is 11.5 Å². The van der Waals surface area contributed by atoms with Crippen molar-refractivity contribution >= 4 is 5.78 Å². The number of carbonyl (C=O) groups is 1. The highest BCUT2D eigenvalue weighted by Gasteiger charge is 2.07. The van der Waals surface area contributed by atoms with Crippen LogP contribution < -0.4 is 0 Å². The number of hydrogen-bond donors (Lipinski definition) is 1. The molecule has 0 aromatic heterocycles. The van der Waals surface area contributed by atoms with Crippen LogP contribution in [0.25, 0.3) is 0 Å². The Bertz CT molecular complexity index is 336. The molecule has 15 heavy (non-hydrogen) atoms. The summed E-state index contributed by atoms with van der Waals surface area (Å²) >= 11 is 0. The van der Waals surface area contributed by atoms with E-state index in [0.717, 1.165) is 13.1 Å². The number of ketones is 1. The van der Waals surface area contributed by atoms with Crippen LogP contribution in [-0.4, -0.2) is 35.9 Å². The zero-order valence-electron chi connectivity index (χ0n) is 9.23. The van der Waals surface area contributed by atoms with Gasteiger partial charge in [-0.25, -0.2) is 0 Å². The third kappa shape index (κ3) is 3.72. The molecule has 1 N–H and O–H groups in total. The van der Waals surface area contributed by atoms with Crippen LogP contribution in [0.4, 0.5) is 0 Å². The van der Waals surface area contributed by atoms with Crippen LogP contribution in [0.3, 0.4) is 0 Å². The van der Waals surface area contributed by atoms with Gasteiger partial charge < -0.3 is 10.0 Å². The predicted molar refractivity (Wildman–Crippen MR) is 60.2 cm³/mol. The van der Waals surface area contributed by atoms with E-state index in [2.05, 4.69) is 11.8 Å². The van der Waals surface area contributed by atoms with Crippen LogP contribution in [0.2, 0.25) is 0 Å². The Morgan fingerprint density at radius 1 is 1.47 bits per heavy atom. The summed E-state index contributed by atoms with van der Waals surface area (Å²) in [6.07, 6.45) is 0.494. The molecule has 0 fully saturated rings. The maximum absolute atomic E-state index is 11.7. The van der Waals surface area contributed by atoms with Gasteiger partial charge in [0, 0.05) is 18.5 Å². The van der Waals surface area contributed by atoms with Crippen LogP contribution in [0.1, 0.15) is 23.7 Å². The van der Waals surface area contributed by atoms with Gasteiger partial charge in [0.15, 0.2) is 5.78 Å². The first kappa shape index (κ1) is 11.7. The van der Waals surface area contributed by atoms with E-state index in [1.54, 1.807) is 18.2 Å². The van der Waals surface area contributed by atoms with Crippen LogP contribution in [0.5, 0.6) is 5.75 Å². The molecule has 0 amide bonds. The van der Waals surface area contributed by atoms with Crippen molar-refractivity contribution in [3.8, 4) is 5.75 Å². The number of aromatic hydroxyl groups is 1. The predicted octanol–water partition coefficient (Wildman–Crippen LogP) is 1.92. The summed E-state index contributed by atoms with van der Waals surface area (Å²) in [6.45, 7) is 3.75. The molecule has 0 unspecified atom stereocenters. The van der Waals surface area contributed by atoms with Gasteiger partial charge in [0.1, 0.15) is 5.75 Å². The van der Waals surface area contributed by atoms with E-state index in [9.17, 15) is 9.90 Å². The number of rotatable bonds is 5. The minimum Gasteiger partial charge on any atom is -0.508 e. The van der Waals surface area contributed by atoms with Gasteiger partial charge in [-0.2, -0.15) is 0 Å². The molecule has 0 heterocycles. The fourth-order valence-electron chi connectivity index (χ4n) is 1.27. The minimum absolute atomic E-state index is 0.0752. The zero-order chi connectivity index (χ0) is 11.3. The van der Waals surface area contributed by atoms with Crippen molar-refractivity contribution in [3.05, 3.63) is 29.8 Å². The normalized spacial score (nSPS) is 10.6. The van der Waals surface area contributed by atoms with Crippen LogP contribution in [0.15, 0.2) is 24.3 Å². The van der Waals surface area contributed by atoms with E-state index in [1.165, 1.54) is 6.07 Å². The molecule has 0 aliphatic heterocycles. The Morgan fingerprint density at radius 2 is 2.20 bits per heavy atom. The van der Waals surface area contributed by atoms with Crippen molar-refractivity contribution in [2.24, 2.45) is 0 Å². The fraction of sp³-hybridized carbons (Fsp3) is 0.417. The van der Waals surface area contributed by atoms with Crippen molar-refractivity contribution in [2.45, 2.75) is 13.3 Å². The Hall–Kier alpha value is -1.35. The van der Waals surface area contributed by atoms with E-state index >= 15 is 0 Å². The third-order valence-electron chi connectivity index (χ3n) is 2.43. The quantitative estimate of drug-likeness (QED) is 0.750. The maximum atomic E-state index is 11.7. The van der Waals surface area contributed by atoms with E-state index < -0.39 is 0 Å². The van der Waals surface area contributed by atoms with Gasteiger partial charge in [-0.05, 0) is 25.7 Å². The van der Waals surface area contributed by atoms with E-state index in [4.69, 9.17) is 0 Å². The summed E-state index contributed by atoms with van der Waals surface area (Å²) in [4.78, 5) is 13.8. The van der Waals surface area contributed by atoms with E-state index in [1.807, 2.05) is 7.05 Å². The van der Waals surface area contributed by atoms with Gasteiger partial charge in [-0.3, -0.25) is 4.79 Å². The van der Waals surface area contributed by atoms with Crippen LogP contribution in [0, 0.1) is 0 Å². The van der Waals surface area contributed by atoms with Gasteiger partial charge in [-0.1, -0.05) is 19.1 Å². The number of phenolic OH excluding ortho intramolecular Hbond substituents is 1. The van der Waals surface area contributed by atoms with Crippen molar-refractivity contribution in [1.82, 2.24) is 4.90 Å². The summed E-state index contributed by atoms with van der Waals surface area (Å²) in [7, 11) is 1.98.